The number of hydroxylamine groups is 2. The van der Waals surface area contributed by atoms with Crippen molar-refractivity contribution in [3.63, 3.8) is 0 Å². The maximum Gasteiger partial charge on any atom is 0.330 e. The molecule has 0 unspecified atom stereocenters. The first-order valence-electron chi connectivity index (χ1n) is 10.5. The summed E-state index contributed by atoms with van der Waals surface area (Å²) in [6.45, 7) is 7.15. The van der Waals surface area contributed by atoms with Gasteiger partial charge in [-0.1, -0.05) is 48.5 Å². The van der Waals surface area contributed by atoms with Gasteiger partial charge < -0.3 is 4.84 Å². The molecule has 1 saturated heterocycles. The predicted octanol–water partition coefficient (Wildman–Crippen LogP) is 6.15. The summed E-state index contributed by atoms with van der Waals surface area (Å²) in [5, 5.41) is 7.61. The normalized spacial score (nSPS) is 16.4. The monoisotopic (exact) mass is 420 g/mol. The quantitative estimate of drug-likeness (QED) is 0.508. The Morgan fingerprint density at radius 2 is 1.83 bits per heavy atom. The minimum Gasteiger partial charge on any atom is -0.367 e. The highest BCUT2D eigenvalue weighted by Gasteiger charge is 2.29. The Hall–Kier alpha value is -2.50. The molecule has 2 aromatic carbocycles. The highest BCUT2D eigenvalue weighted by Crippen LogP contribution is 2.31. The van der Waals surface area contributed by atoms with Gasteiger partial charge in [-0.25, -0.2) is 9.78 Å². The van der Waals surface area contributed by atoms with Crippen LogP contribution in [0.4, 0.5) is 0 Å². The number of rotatable bonds is 4. The van der Waals surface area contributed by atoms with Gasteiger partial charge in [-0.2, -0.15) is 0 Å². The Labute approximate surface area is 182 Å². The predicted molar refractivity (Wildman–Crippen MR) is 124 cm³/mol. The van der Waals surface area contributed by atoms with Crippen molar-refractivity contribution in [3.8, 4) is 0 Å². The molecule has 1 aliphatic rings. The van der Waals surface area contributed by atoms with E-state index in [0.29, 0.717) is 5.92 Å². The summed E-state index contributed by atoms with van der Waals surface area (Å²) in [6, 6.07) is 14.8. The molecule has 2 heterocycles. The number of nitrogens with zero attached hydrogens (tertiary/aromatic N) is 2. The molecule has 1 aliphatic heterocycles. The zero-order valence-corrected chi connectivity index (χ0v) is 18.6. The van der Waals surface area contributed by atoms with Crippen molar-refractivity contribution in [2.24, 2.45) is 5.41 Å². The van der Waals surface area contributed by atoms with E-state index < -0.39 is 5.41 Å². The summed E-state index contributed by atoms with van der Waals surface area (Å²) >= 11 is 1.73. The van der Waals surface area contributed by atoms with Crippen LogP contribution in [-0.4, -0.2) is 29.1 Å². The van der Waals surface area contributed by atoms with Gasteiger partial charge in [0, 0.05) is 24.4 Å². The van der Waals surface area contributed by atoms with Crippen LogP contribution < -0.4 is 0 Å². The molecule has 0 atom stereocenters. The van der Waals surface area contributed by atoms with Gasteiger partial charge >= 0.3 is 5.97 Å². The van der Waals surface area contributed by atoms with Crippen LogP contribution >= 0.6 is 11.3 Å². The number of aromatic nitrogens is 1. The van der Waals surface area contributed by atoms with Crippen molar-refractivity contribution in [1.29, 1.82) is 0 Å². The number of carbonyl (C=O) groups excluding carboxylic acids is 1. The van der Waals surface area contributed by atoms with Crippen molar-refractivity contribution < 1.29 is 9.63 Å². The van der Waals surface area contributed by atoms with Crippen LogP contribution in [0.15, 0.2) is 47.8 Å². The Balaban J connectivity index is 1.38. The Morgan fingerprint density at radius 3 is 2.60 bits per heavy atom. The molecule has 4 nitrogen and oxygen atoms in total. The Bertz CT molecular complexity index is 1050. The lowest BCUT2D eigenvalue weighted by Gasteiger charge is -2.31. The first-order valence-corrected chi connectivity index (χ1v) is 11.4. The van der Waals surface area contributed by atoms with E-state index in [9.17, 15) is 4.79 Å². The second-order valence-corrected chi connectivity index (χ2v) is 9.73. The molecule has 0 amide bonds. The third-order valence-corrected chi connectivity index (χ3v) is 6.45. The lowest BCUT2D eigenvalue weighted by Crippen LogP contribution is -2.38. The first-order chi connectivity index (χ1) is 14.4. The number of carbonyl (C=O) groups is 1. The van der Waals surface area contributed by atoms with Crippen LogP contribution in [0.25, 0.3) is 22.9 Å². The first kappa shape index (κ1) is 20.8. The van der Waals surface area contributed by atoms with Crippen LogP contribution in [0.2, 0.25) is 0 Å². The van der Waals surface area contributed by atoms with E-state index in [0.717, 1.165) is 31.6 Å². The highest BCUT2D eigenvalue weighted by molar-refractivity contribution is 7.09. The van der Waals surface area contributed by atoms with E-state index in [1.54, 1.807) is 16.4 Å². The molecule has 0 saturated carbocycles. The van der Waals surface area contributed by atoms with E-state index >= 15 is 0 Å². The van der Waals surface area contributed by atoms with Crippen LogP contribution in [0.3, 0.4) is 0 Å². The van der Waals surface area contributed by atoms with E-state index in [1.165, 1.54) is 21.3 Å². The average Bonchev–Trinajstić information content (AvgIpc) is 3.21. The number of fused-ring (bicyclic) bond motifs is 1. The van der Waals surface area contributed by atoms with E-state index in [-0.39, 0.29) is 5.97 Å². The minimum absolute atomic E-state index is 0.170. The average molecular weight is 421 g/mol. The molecular formula is C25H28N2O2S. The molecule has 5 heteroatoms. The van der Waals surface area contributed by atoms with Gasteiger partial charge in [0.15, 0.2) is 0 Å². The van der Waals surface area contributed by atoms with Gasteiger partial charge in [-0.3, -0.25) is 0 Å². The summed E-state index contributed by atoms with van der Waals surface area (Å²) in [5.41, 5.74) is 1.73. The molecule has 0 N–H and O–H groups in total. The standard InChI is InChI=1S/C25H28N2O2S/c1-25(2,3)24(28)29-27-15-13-20(14-16-27)23-26-21(17-30-23)12-11-19-9-6-8-18-7-4-5-10-22(18)19/h4-12,17,20H,13-16H2,1-3H3/b12-11+. The Kier molecular flexibility index (Phi) is 6.02. The van der Waals surface area contributed by atoms with E-state index in [4.69, 9.17) is 9.82 Å². The maximum atomic E-state index is 12.1. The summed E-state index contributed by atoms with van der Waals surface area (Å²) in [7, 11) is 0. The zero-order valence-electron chi connectivity index (χ0n) is 17.8. The lowest BCUT2D eigenvalue weighted by atomic mass is 9.97. The minimum atomic E-state index is -0.475. The molecule has 1 aromatic heterocycles. The second kappa shape index (κ2) is 8.70. The smallest absolute Gasteiger partial charge is 0.330 e. The summed E-state index contributed by atoms with van der Waals surface area (Å²) in [6.07, 6.45) is 6.16. The van der Waals surface area contributed by atoms with Crippen LogP contribution in [0.5, 0.6) is 0 Å². The van der Waals surface area contributed by atoms with Crippen molar-refractivity contribution >= 4 is 40.2 Å². The highest BCUT2D eigenvalue weighted by atomic mass is 32.1. The lowest BCUT2D eigenvalue weighted by molar-refractivity contribution is -0.204. The van der Waals surface area contributed by atoms with Gasteiger partial charge in [0.05, 0.1) is 16.1 Å². The molecule has 4 rings (SSSR count). The third kappa shape index (κ3) is 4.79. The zero-order chi connectivity index (χ0) is 21.1. The van der Waals surface area contributed by atoms with Gasteiger partial charge in [-0.05, 0) is 56.0 Å². The molecule has 3 aromatic rings. The van der Waals surface area contributed by atoms with Gasteiger partial charge in [0.2, 0.25) is 0 Å². The largest absolute Gasteiger partial charge is 0.367 e. The van der Waals surface area contributed by atoms with Crippen LogP contribution in [0.1, 0.15) is 55.8 Å². The number of benzene rings is 2. The van der Waals surface area contributed by atoms with Crippen molar-refractivity contribution in [3.05, 3.63) is 64.1 Å². The number of hydrogen-bond donors (Lipinski definition) is 0. The van der Waals surface area contributed by atoms with Crippen LogP contribution in [-0.2, 0) is 9.63 Å². The van der Waals surface area contributed by atoms with Crippen molar-refractivity contribution in [2.75, 3.05) is 13.1 Å². The third-order valence-electron chi connectivity index (χ3n) is 5.42. The van der Waals surface area contributed by atoms with E-state index in [2.05, 4.69) is 60.0 Å². The molecule has 0 spiro atoms. The summed E-state index contributed by atoms with van der Waals surface area (Å²) < 4.78 is 0. The number of hydrogen-bond acceptors (Lipinski definition) is 5. The topological polar surface area (TPSA) is 42.4 Å². The number of thiazole rings is 1. The summed E-state index contributed by atoms with van der Waals surface area (Å²) in [4.78, 5) is 22.5. The molecule has 156 valence electrons. The fourth-order valence-corrected chi connectivity index (χ4v) is 4.54. The van der Waals surface area contributed by atoms with Crippen molar-refractivity contribution in [2.45, 2.75) is 39.5 Å². The van der Waals surface area contributed by atoms with Crippen LogP contribution in [0, 0.1) is 5.41 Å². The fraction of sp³-hybridized carbons (Fsp3) is 0.360. The van der Waals surface area contributed by atoms with E-state index in [1.807, 2.05) is 20.8 Å². The molecule has 1 fully saturated rings. The SMILES string of the molecule is CC(C)(C)C(=O)ON1CCC(c2nc(/C=C/c3cccc4ccccc34)cs2)CC1. The summed E-state index contributed by atoms with van der Waals surface area (Å²) in [5.74, 6) is 0.260. The second-order valence-electron chi connectivity index (χ2n) is 8.84. The Morgan fingerprint density at radius 1 is 1.10 bits per heavy atom. The van der Waals surface area contributed by atoms with Crippen molar-refractivity contribution in [1.82, 2.24) is 10.0 Å². The number of piperidine rings is 1. The van der Waals surface area contributed by atoms with Gasteiger partial charge in [-0.15, -0.1) is 16.4 Å². The van der Waals surface area contributed by atoms with Gasteiger partial charge in [0.25, 0.3) is 0 Å². The maximum absolute atomic E-state index is 12.1. The molecule has 0 bridgehead atoms. The molecular weight excluding hydrogens is 392 g/mol. The fourth-order valence-electron chi connectivity index (χ4n) is 3.58. The molecule has 0 radical (unpaired) electrons. The molecule has 30 heavy (non-hydrogen) atoms. The van der Waals surface area contributed by atoms with Gasteiger partial charge in [0.1, 0.15) is 0 Å². The molecule has 0 aliphatic carbocycles.